The second-order valence-electron chi connectivity index (χ2n) is 5.20. The van der Waals surface area contributed by atoms with Crippen molar-refractivity contribution in [2.75, 3.05) is 12.4 Å². The molecule has 0 saturated carbocycles. The lowest BCUT2D eigenvalue weighted by atomic mass is 10.1. The van der Waals surface area contributed by atoms with Gasteiger partial charge in [-0.1, -0.05) is 18.4 Å². The van der Waals surface area contributed by atoms with E-state index in [1.54, 1.807) is 38.3 Å². The fourth-order valence-corrected chi connectivity index (χ4v) is 1.90. The van der Waals surface area contributed by atoms with Crippen LogP contribution in [0.2, 0.25) is 0 Å². The number of amides is 1. The van der Waals surface area contributed by atoms with E-state index in [9.17, 15) is 14.9 Å². The molecule has 0 aliphatic rings. The first-order valence-electron chi connectivity index (χ1n) is 7.32. The van der Waals surface area contributed by atoms with Crippen LogP contribution in [0.5, 0.6) is 5.75 Å². The maximum Gasteiger partial charge on any atom is 0.271 e. The molecule has 0 fully saturated rings. The normalized spacial score (nSPS) is 9.52. The number of nitrogens with zero attached hydrogens (tertiary/aromatic N) is 1. The molecule has 1 N–H and O–H groups in total. The Labute approximate surface area is 145 Å². The average molecular weight is 336 g/mol. The molecule has 2 aromatic carbocycles. The van der Waals surface area contributed by atoms with Crippen LogP contribution in [-0.2, 0) is 4.79 Å². The van der Waals surface area contributed by atoms with Crippen molar-refractivity contribution in [1.82, 2.24) is 0 Å². The molecule has 0 saturated heterocycles. The Morgan fingerprint density at radius 3 is 2.44 bits per heavy atom. The Morgan fingerprint density at radius 2 is 1.88 bits per heavy atom. The first kappa shape index (κ1) is 17.8. The molecule has 0 unspecified atom stereocenters. The fourth-order valence-electron chi connectivity index (χ4n) is 1.90. The number of nitro groups is 1. The van der Waals surface area contributed by atoms with Crippen LogP contribution in [0.3, 0.4) is 0 Å². The largest absolute Gasteiger partial charge is 0.497 e. The minimum Gasteiger partial charge on any atom is -0.497 e. The van der Waals surface area contributed by atoms with Crippen LogP contribution in [0, 0.1) is 22.0 Å². The average Bonchev–Trinajstić information content (AvgIpc) is 2.60. The van der Waals surface area contributed by atoms with Crippen molar-refractivity contribution in [3.05, 3.63) is 75.9 Å². The number of nitro benzene ring substituents is 1. The molecule has 6 nitrogen and oxygen atoms in total. The lowest BCUT2D eigenvalue weighted by Crippen LogP contribution is -2.13. The van der Waals surface area contributed by atoms with Gasteiger partial charge >= 0.3 is 0 Å². The van der Waals surface area contributed by atoms with Crippen molar-refractivity contribution in [3.63, 3.8) is 0 Å². The lowest BCUT2D eigenvalue weighted by molar-refractivity contribution is -0.384. The van der Waals surface area contributed by atoms with Gasteiger partial charge in [-0.3, -0.25) is 14.9 Å². The van der Waals surface area contributed by atoms with Crippen LogP contribution in [0.15, 0.2) is 54.6 Å². The van der Waals surface area contributed by atoms with E-state index in [0.717, 1.165) is 11.3 Å². The molecule has 0 bridgehead atoms. The lowest BCUT2D eigenvalue weighted by Gasteiger charge is -2.07. The highest BCUT2D eigenvalue weighted by Crippen LogP contribution is 2.22. The maximum atomic E-state index is 11.8. The zero-order valence-electron chi connectivity index (χ0n) is 13.8. The van der Waals surface area contributed by atoms with Gasteiger partial charge in [0, 0.05) is 28.8 Å². The molecule has 0 aliphatic heterocycles. The van der Waals surface area contributed by atoms with E-state index < -0.39 is 10.8 Å². The summed E-state index contributed by atoms with van der Waals surface area (Å²) < 4.78 is 5.09. The summed E-state index contributed by atoms with van der Waals surface area (Å²) in [6.45, 7) is 5.11. The van der Waals surface area contributed by atoms with E-state index in [1.807, 2.05) is 0 Å². The zero-order valence-corrected chi connectivity index (χ0v) is 13.8. The highest BCUT2D eigenvalue weighted by molar-refractivity contribution is 6.03. The standard InChI is InChI=1S/C19H16N2O4/c1-13(2)19(22)20-18-12-16(21(23)24)9-8-15(18)7-4-14-5-10-17(25-3)11-6-14/h5-6,8-12H,1H2,2-3H3,(H,20,22). The van der Waals surface area contributed by atoms with Crippen LogP contribution in [0.1, 0.15) is 18.1 Å². The summed E-state index contributed by atoms with van der Waals surface area (Å²) in [4.78, 5) is 22.3. The monoisotopic (exact) mass is 336 g/mol. The summed E-state index contributed by atoms with van der Waals surface area (Å²) in [6, 6.07) is 11.3. The summed E-state index contributed by atoms with van der Waals surface area (Å²) in [6.07, 6.45) is 0. The molecular formula is C19H16N2O4. The number of non-ortho nitro benzene ring substituents is 1. The number of nitrogens with one attached hydrogen (secondary N) is 1. The van der Waals surface area contributed by atoms with Crippen molar-refractivity contribution in [2.24, 2.45) is 0 Å². The van der Waals surface area contributed by atoms with Crippen LogP contribution in [0.25, 0.3) is 0 Å². The van der Waals surface area contributed by atoms with Gasteiger partial charge in [0.15, 0.2) is 0 Å². The molecule has 2 rings (SSSR count). The third-order valence-corrected chi connectivity index (χ3v) is 3.28. The highest BCUT2D eigenvalue weighted by atomic mass is 16.6. The topological polar surface area (TPSA) is 81.5 Å². The van der Waals surface area contributed by atoms with Crippen molar-refractivity contribution >= 4 is 17.3 Å². The molecule has 126 valence electrons. The van der Waals surface area contributed by atoms with E-state index in [4.69, 9.17) is 4.74 Å². The summed E-state index contributed by atoms with van der Waals surface area (Å²) in [5, 5.41) is 13.5. The number of anilines is 1. The SMILES string of the molecule is C=C(C)C(=O)Nc1cc([N+](=O)[O-])ccc1C#Cc1ccc(OC)cc1. The second kappa shape index (κ2) is 7.79. The van der Waals surface area contributed by atoms with Crippen molar-refractivity contribution in [2.45, 2.75) is 6.92 Å². The number of hydrogen-bond acceptors (Lipinski definition) is 4. The summed E-state index contributed by atoms with van der Waals surface area (Å²) >= 11 is 0. The Kier molecular flexibility index (Phi) is 5.54. The predicted octanol–water partition coefficient (Wildman–Crippen LogP) is 3.52. The van der Waals surface area contributed by atoms with Crippen LogP contribution < -0.4 is 10.1 Å². The molecule has 0 radical (unpaired) electrons. The number of carbonyl (C=O) groups excluding carboxylic acids is 1. The number of benzene rings is 2. The Bertz CT molecular complexity index is 890. The Balaban J connectivity index is 2.38. The molecule has 1 amide bonds. The molecule has 0 spiro atoms. The minimum absolute atomic E-state index is 0.132. The van der Waals surface area contributed by atoms with Gasteiger partial charge in [-0.25, -0.2) is 0 Å². The summed E-state index contributed by atoms with van der Waals surface area (Å²) in [5.41, 5.74) is 1.64. The highest BCUT2D eigenvalue weighted by Gasteiger charge is 2.12. The third-order valence-electron chi connectivity index (χ3n) is 3.28. The summed E-state index contributed by atoms with van der Waals surface area (Å²) in [5.74, 6) is 6.17. The number of carbonyl (C=O) groups is 1. The Hall–Kier alpha value is -3.59. The molecular weight excluding hydrogens is 320 g/mol. The summed E-state index contributed by atoms with van der Waals surface area (Å²) in [7, 11) is 1.58. The van der Waals surface area contributed by atoms with Crippen LogP contribution in [-0.4, -0.2) is 17.9 Å². The van der Waals surface area contributed by atoms with Gasteiger partial charge in [-0.2, -0.15) is 0 Å². The van der Waals surface area contributed by atoms with Gasteiger partial charge < -0.3 is 10.1 Å². The Morgan fingerprint density at radius 1 is 1.20 bits per heavy atom. The van der Waals surface area contributed by atoms with Gasteiger partial charge in [0.2, 0.25) is 0 Å². The number of ether oxygens (including phenoxy) is 1. The maximum absolute atomic E-state index is 11.8. The molecule has 0 atom stereocenters. The number of methoxy groups -OCH3 is 1. The first-order chi connectivity index (χ1) is 11.9. The molecule has 6 heteroatoms. The quantitative estimate of drug-likeness (QED) is 0.401. The van der Waals surface area contributed by atoms with Gasteiger partial charge in [0.25, 0.3) is 11.6 Å². The van der Waals surface area contributed by atoms with E-state index in [0.29, 0.717) is 11.1 Å². The predicted molar refractivity (Wildman–Crippen MR) is 95.5 cm³/mol. The number of rotatable bonds is 4. The molecule has 0 aromatic heterocycles. The van der Waals surface area contributed by atoms with Crippen LogP contribution in [0.4, 0.5) is 11.4 Å². The zero-order chi connectivity index (χ0) is 18.4. The van der Waals surface area contributed by atoms with Crippen molar-refractivity contribution < 1.29 is 14.5 Å². The van der Waals surface area contributed by atoms with Crippen molar-refractivity contribution in [3.8, 4) is 17.6 Å². The van der Waals surface area contributed by atoms with Crippen molar-refractivity contribution in [1.29, 1.82) is 0 Å². The number of hydrogen-bond donors (Lipinski definition) is 1. The van der Waals surface area contributed by atoms with E-state index in [2.05, 4.69) is 23.7 Å². The molecule has 0 aliphatic carbocycles. The van der Waals surface area contributed by atoms with E-state index >= 15 is 0 Å². The minimum atomic E-state index is -0.531. The molecule has 2 aromatic rings. The van der Waals surface area contributed by atoms with Gasteiger partial charge in [-0.15, -0.1) is 0 Å². The third kappa shape index (κ3) is 4.69. The van der Waals surface area contributed by atoms with E-state index in [-0.39, 0.29) is 11.4 Å². The second-order valence-corrected chi connectivity index (χ2v) is 5.20. The molecule has 25 heavy (non-hydrogen) atoms. The fraction of sp³-hybridized carbons (Fsp3) is 0.105. The van der Waals surface area contributed by atoms with Gasteiger partial charge in [0.1, 0.15) is 5.75 Å². The molecule has 0 heterocycles. The van der Waals surface area contributed by atoms with Gasteiger partial charge in [0.05, 0.1) is 17.7 Å². The van der Waals surface area contributed by atoms with Gasteiger partial charge in [-0.05, 0) is 37.3 Å². The van der Waals surface area contributed by atoms with Crippen LogP contribution >= 0.6 is 0 Å². The first-order valence-corrected chi connectivity index (χ1v) is 7.32. The van der Waals surface area contributed by atoms with E-state index in [1.165, 1.54) is 18.2 Å². The smallest absolute Gasteiger partial charge is 0.271 e.